The Balaban J connectivity index is 1.95. The van der Waals surface area contributed by atoms with Crippen LogP contribution >= 0.6 is 0 Å². The van der Waals surface area contributed by atoms with Crippen molar-refractivity contribution in [2.75, 3.05) is 49.5 Å². The predicted molar refractivity (Wildman–Crippen MR) is 88.1 cm³/mol. The lowest BCUT2D eigenvalue weighted by molar-refractivity contribution is -0.143. The third kappa shape index (κ3) is 3.98. The molecular formula is C16H24N4O2. The van der Waals surface area contributed by atoms with Gasteiger partial charge in [0, 0.05) is 50.6 Å². The summed E-state index contributed by atoms with van der Waals surface area (Å²) in [6.45, 7) is 8.69. The summed E-state index contributed by atoms with van der Waals surface area (Å²) in [5, 5.41) is 5.83. The van der Waals surface area contributed by atoms with Gasteiger partial charge >= 0.3 is 11.8 Å². The third-order valence-corrected chi connectivity index (χ3v) is 3.85. The van der Waals surface area contributed by atoms with Gasteiger partial charge in [-0.1, -0.05) is 0 Å². The highest BCUT2D eigenvalue weighted by Crippen LogP contribution is 2.17. The van der Waals surface area contributed by atoms with Gasteiger partial charge in [0.15, 0.2) is 0 Å². The molecule has 0 radical (unpaired) electrons. The van der Waals surface area contributed by atoms with Gasteiger partial charge in [0.25, 0.3) is 0 Å². The Kier molecular flexibility index (Phi) is 5.77. The van der Waals surface area contributed by atoms with Crippen LogP contribution in [0.5, 0.6) is 0 Å². The quantitative estimate of drug-likeness (QED) is 0.811. The van der Waals surface area contributed by atoms with Crippen LogP contribution in [0.2, 0.25) is 0 Å². The SMILES string of the molecule is CCN(CC)c1ccc(NC(=O)C(=O)N2CCNCC2)cc1. The Labute approximate surface area is 131 Å². The van der Waals surface area contributed by atoms with Crippen LogP contribution in [0, 0.1) is 0 Å². The molecule has 6 nitrogen and oxygen atoms in total. The molecule has 0 bridgehead atoms. The molecule has 1 fully saturated rings. The molecule has 1 aliphatic heterocycles. The molecule has 1 aromatic rings. The van der Waals surface area contributed by atoms with Crippen LogP contribution in [0.3, 0.4) is 0 Å². The highest BCUT2D eigenvalue weighted by molar-refractivity contribution is 6.39. The molecule has 1 saturated heterocycles. The highest BCUT2D eigenvalue weighted by atomic mass is 16.2. The van der Waals surface area contributed by atoms with Crippen molar-refractivity contribution < 1.29 is 9.59 Å². The van der Waals surface area contributed by atoms with E-state index in [1.165, 1.54) is 0 Å². The molecule has 0 atom stereocenters. The van der Waals surface area contributed by atoms with E-state index in [2.05, 4.69) is 29.4 Å². The van der Waals surface area contributed by atoms with Crippen LogP contribution < -0.4 is 15.5 Å². The molecular weight excluding hydrogens is 280 g/mol. The molecule has 0 saturated carbocycles. The van der Waals surface area contributed by atoms with Crippen molar-refractivity contribution in [3.63, 3.8) is 0 Å². The fourth-order valence-electron chi connectivity index (χ4n) is 2.54. The molecule has 1 aliphatic rings. The zero-order chi connectivity index (χ0) is 15.9. The maximum atomic E-state index is 12.0. The van der Waals surface area contributed by atoms with Gasteiger partial charge in [0.2, 0.25) is 0 Å². The molecule has 6 heteroatoms. The lowest BCUT2D eigenvalue weighted by Crippen LogP contribution is -2.49. The minimum atomic E-state index is -0.572. The molecule has 1 aromatic carbocycles. The number of amides is 2. The van der Waals surface area contributed by atoms with Crippen molar-refractivity contribution in [2.24, 2.45) is 0 Å². The van der Waals surface area contributed by atoms with E-state index in [0.29, 0.717) is 18.8 Å². The molecule has 2 amide bonds. The number of rotatable bonds is 4. The van der Waals surface area contributed by atoms with Crippen LogP contribution in [0.1, 0.15) is 13.8 Å². The summed E-state index contributed by atoms with van der Waals surface area (Å²) in [4.78, 5) is 27.9. The number of carbonyl (C=O) groups is 2. The summed E-state index contributed by atoms with van der Waals surface area (Å²) < 4.78 is 0. The average Bonchev–Trinajstić information content (AvgIpc) is 2.57. The Morgan fingerprint density at radius 3 is 2.27 bits per heavy atom. The molecule has 0 unspecified atom stereocenters. The van der Waals surface area contributed by atoms with E-state index < -0.39 is 11.8 Å². The van der Waals surface area contributed by atoms with Gasteiger partial charge in [-0.3, -0.25) is 9.59 Å². The molecule has 22 heavy (non-hydrogen) atoms. The summed E-state index contributed by atoms with van der Waals surface area (Å²) in [7, 11) is 0. The number of hydrogen-bond donors (Lipinski definition) is 2. The van der Waals surface area contributed by atoms with Crippen molar-refractivity contribution in [1.82, 2.24) is 10.2 Å². The first-order valence-electron chi connectivity index (χ1n) is 7.81. The first-order valence-corrected chi connectivity index (χ1v) is 7.81. The number of benzene rings is 1. The van der Waals surface area contributed by atoms with Crippen LogP contribution in [0.4, 0.5) is 11.4 Å². The Hall–Kier alpha value is -2.08. The van der Waals surface area contributed by atoms with Gasteiger partial charge in [-0.15, -0.1) is 0 Å². The second-order valence-electron chi connectivity index (χ2n) is 5.22. The lowest BCUT2D eigenvalue weighted by atomic mass is 10.2. The highest BCUT2D eigenvalue weighted by Gasteiger charge is 2.23. The zero-order valence-corrected chi connectivity index (χ0v) is 13.3. The van der Waals surface area contributed by atoms with E-state index >= 15 is 0 Å². The second-order valence-corrected chi connectivity index (χ2v) is 5.22. The van der Waals surface area contributed by atoms with Gasteiger partial charge in [-0.05, 0) is 38.1 Å². The van der Waals surface area contributed by atoms with Gasteiger partial charge in [-0.25, -0.2) is 0 Å². The standard InChI is InChI=1S/C16H24N4O2/c1-3-19(4-2)14-7-5-13(6-8-14)18-15(21)16(22)20-11-9-17-10-12-20/h5-8,17H,3-4,9-12H2,1-2H3,(H,18,21). The van der Waals surface area contributed by atoms with Gasteiger partial charge in [0.1, 0.15) is 0 Å². The number of carbonyl (C=O) groups excluding carboxylic acids is 2. The molecule has 2 N–H and O–H groups in total. The molecule has 2 rings (SSSR count). The van der Waals surface area contributed by atoms with Gasteiger partial charge in [0.05, 0.1) is 0 Å². The van der Waals surface area contributed by atoms with Crippen molar-refractivity contribution in [3.05, 3.63) is 24.3 Å². The summed E-state index contributed by atoms with van der Waals surface area (Å²) in [6, 6.07) is 7.57. The minimum absolute atomic E-state index is 0.464. The second kappa shape index (κ2) is 7.79. The van der Waals surface area contributed by atoms with Crippen molar-refractivity contribution in [1.29, 1.82) is 0 Å². The number of piperazine rings is 1. The van der Waals surface area contributed by atoms with Gasteiger partial charge in [-0.2, -0.15) is 0 Å². The first kappa shape index (κ1) is 16.3. The topological polar surface area (TPSA) is 64.7 Å². The monoisotopic (exact) mass is 304 g/mol. The van der Waals surface area contributed by atoms with Crippen molar-refractivity contribution in [3.8, 4) is 0 Å². The van der Waals surface area contributed by atoms with E-state index in [1.54, 1.807) is 4.90 Å². The Morgan fingerprint density at radius 1 is 1.14 bits per heavy atom. The number of hydrogen-bond acceptors (Lipinski definition) is 4. The zero-order valence-electron chi connectivity index (χ0n) is 13.3. The fraction of sp³-hybridized carbons (Fsp3) is 0.500. The predicted octanol–water partition coefficient (Wildman–Crippen LogP) is 0.903. The first-order chi connectivity index (χ1) is 10.7. The summed E-state index contributed by atoms with van der Waals surface area (Å²) >= 11 is 0. The molecule has 0 aliphatic carbocycles. The van der Waals surface area contributed by atoms with Crippen molar-refractivity contribution in [2.45, 2.75) is 13.8 Å². The van der Waals surface area contributed by atoms with Crippen LogP contribution in [0.15, 0.2) is 24.3 Å². The smallest absolute Gasteiger partial charge is 0.313 e. The maximum absolute atomic E-state index is 12.0. The minimum Gasteiger partial charge on any atom is -0.372 e. The lowest BCUT2D eigenvalue weighted by Gasteiger charge is -2.26. The maximum Gasteiger partial charge on any atom is 0.313 e. The van der Waals surface area contributed by atoms with E-state index in [-0.39, 0.29) is 0 Å². The van der Waals surface area contributed by atoms with E-state index in [9.17, 15) is 9.59 Å². The Bertz CT molecular complexity index is 505. The number of nitrogens with zero attached hydrogens (tertiary/aromatic N) is 2. The largest absolute Gasteiger partial charge is 0.372 e. The molecule has 0 aromatic heterocycles. The molecule has 1 heterocycles. The van der Waals surface area contributed by atoms with Crippen LogP contribution in [-0.2, 0) is 9.59 Å². The van der Waals surface area contributed by atoms with Gasteiger partial charge < -0.3 is 20.4 Å². The fourth-order valence-corrected chi connectivity index (χ4v) is 2.54. The number of nitrogens with one attached hydrogen (secondary N) is 2. The third-order valence-electron chi connectivity index (χ3n) is 3.85. The average molecular weight is 304 g/mol. The number of anilines is 2. The molecule has 0 spiro atoms. The molecule has 120 valence electrons. The Morgan fingerprint density at radius 2 is 1.73 bits per heavy atom. The summed E-state index contributed by atoms with van der Waals surface area (Å²) in [5.74, 6) is -1.04. The summed E-state index contributed by atoms with van der Waals surface area (Å²) in [5.41, 5.74) is 1.75. The van der Waals surface area contributed by atoms with Crippen molar-refractivity contribution >= 4 is 23.2 Å². The summed E-state index contributed by atoms with van der Waals surface area (Å²) in [6.07, 6.45) is 0. The van der Waals surface area contributed by atoms with E-state index in [4.69, 9.17) is 0 Å². The van der Waals surface area contributed by atoms with Crippen LogP contribution in [0.25, 0.3) is 0 Å². The van der Waals surface area contributed by atoms with Crippen LogP contribution in [-0.4, -0.2) is 56.0 Å². The van der Waals surface area contributed by atoms with E-state index in [1.807, 2.05) is 24.3 Å². The van der Waals surface area contributed by atoms with E-state index in [0.717, 1.165) is 31.9 Å². The normalized spacial score (nSPS) is 14.5.